The lowest BCUT2D eigenvalue weighted by atomic mass is 10.0. The lowest BCUT2D eigenvalue weighted by Crippen LogP contribution is -2.15. The fourth-order valence-corrected chi connectivity index (χ4v) is 3.49. The van der Waals surface area contributed by atoms with Gasteiger partial charge in [0.2, 0.25) is 23.1 Å². The summed E-state index contributed by atoms with van der Waals surface area (Å²) in [7, 11) is 0. The minimum Gasteiger partial charge on any atom is -0.508 e. The van der Waals surface area contributed by atoms with Gasteiger partial charge in [-0.2, -0.15) is 0 Å². The van der Waals surface area contributed by atoms with Crippen LogP contribution in [-0.2, 0) is 9.59 Å². The third kappa shape index (κ3) is 9.29. The Kier molecular flexibility index (Phi) is 11.4. The maximum Gasteiger partial charge on any atom is 0.338 e. The highest BCUT2D eigenvalue weighted by atomic mass is 16.5. The molecule has 0 saturated carbocycles. The molecule has 10 heteroatoms. The lowest BCUT2D eigenvalue weighted by molar-refractivity contribution is -0.130. The van der Waals surface area contributed by atoms with Crippen LogP contribution in [0.15, 0.2) is 121 Å². The van der Waals surface area contributed by atoms with E-state index in [0.717, 1.165) is 0 Å². The van der Waals surface area contributed by atoms with Gasteiger partial charge in [0.05, 0.1) is 0 Å². The van der Waals surface area contributed by atoms with E-state index in [1.807, 2.05) is 0 Å². The first kappa shape index (κ1) is 34.1. The minimum absolute atomic E-state index is 0.0311. The van der Waals surface area contributed by atoms with Crippen molar-refractivity contribution in [1.82, 2.24) is 0 Å². The summed E-state index contributed by atoms with van der Waals surface area (Å²) in [6, 6.07) is 22.2. The van der Waals surface area contributed by atoms with E-state index in [1.54, 1.807) is 0 Å². The Bertz CT molecular complexity index is 1680. The number of hydrogen-bond donors (Lipinski definition) is 2. The zero-order valence-corrected chi connectivity index (χ0v) is 24.8. The van der Waals surface area contributed by atoms with E-state index in [9.17, 15) is 28.8 Å². The van der Waals surface area contributed by atoms with Crippen LogP contribution in [-0.4, -0.2) is 45.3 Å². The molecular formula is C36H28O10. The largest absolute Gasteiger partial charge is 0.508 e. The molecule has 0 bridgehead atoms. The molecule has 0 amide bonds. The number of ether oxygens (including phenoxy) is 2. The van der Waals surface area contributed by atoms with Gasteiger partial charge in [-0.3, -0.25) is 19.2 Å². The maximum atomic E-state index is 12.4. The number of carbonyl (C=O) groups excluding carboxylic acids is 6. The van der Waals surface area contributed by atoms with Gasteiger partial charge in [0.1, 0.15) is 23.0 Å². The topological polar surface area (TPSA) is 161 Å². The Morgan fingerprint density at radius 2 is 0.652 bits per heavy atom. The normalized spacial score (nSPS) is 9.96. The molecule has 0 fully saturated rings. The number of benzene rings is 4. The molecule has 2 N–H and O–H groups in total. The minimum atomic E-state index is -0.718. The molecule has 0 heterocycles. The van der Waals surface area contributed by atoms with Crippen molar-refractivity contribution in [2.75, 3.05) is 0 Å². The Labute approximate surface area is 263 Å². The molecule has 232 valence electrons. The molecule has 4 aromatic carbocycles. The number of Topliss-reactive ketones (excluding diaryl/α,β-unsaturated/α-hetero) is 4. The van der Waals surface area contributed by atoms with Crippen LogP contribution < -0.4 is 9.47 Å². The van der Waals surface area contributed by atoms with E-state index in [4.69, 9.17) is 19.7 Å². The highest BCUT2D eigenvalue weighted by molar-refractivity contribution is 6.49. The van der Waals surface area contributed by atoms with Crippen molar-refractivity contribution in [3.63, 3.8) is 0 Å². The number of aromatic hydroxyl groups is 2. The van der Waals surface area contributed by atoms with Crippen LogP contribution in [0.5, 0.6) is 23.0 Å². The first-order valence-corrected chi connectivity index (χ1v) is 13.5. The Balaban J connectivity index is 0.000000275. The van der Waals surface area contributed by atoms with E-state index >= 15 is 0 Å². The van der Waals surface area contributed by atoms with Crippen molar-refractivity contribution >= 4 is 35.1 Å². The van der Waals surface area contributed by atoms with Gasteiger partial charge in [-0.25, -0.2) is 9.59 Å². The Morgan fingerprint density at radius 3 is 0.870 bits per heavy atom. The summed E-state index contributed by atoms with van der Waals surface area (Å²) in [4.78, 5) is 71.4. The van der Waals surface area contributed by atoms with E-state index in [1.165, 1.54) is 111 Å². The summed E-state index contributed by atoms with van der Waals surface area (Å²) in [6.07, 6.45) is 0. The average Bonchev–Trinajstić information content (AvgIpc) is 3.05. The van der Waals surface area contributed by atoms with Crippen LogP contribution in [0.25, 0.3) is 0 Å². The number of phenolic OH excluding ortho intramolecular Hbond substituents is 2. The number of esters is 2. The van der Waals surface area contributed by atoms with Crippen LogP contribution in [0.2, 0.25) is 0 Å². The van der Waals surface area contributed by atoms with Crippen molar-refractivity contribution in [2.24, 2.45) is 0 Å². The Hall–Kier alpha value is -6.42. The van der Waals surface area contributed by atoms with Gasteiger partial charge in [-0.15, -0.1) is 0 Å². The molecule has 0 atom stereocenters. The fraction of sp³-hybridized carbons (Fsp3) is 0.0556. The molecule has 0 unspecified atom stereocenters. The zero-order valence-electron chi connectivity index (χ0n) is 24.8. The van der Waals surface area contributed by atoms with E-state index < -0.39 is 35.1 Å². The maximum absolute atomic E-state index is 12.4. The number of hydrogen-bond acceptors (Lipinski definition) is 10. The first-order valence-electron chi connectivity index (χ1n) is 13.5. The van der Waals surface area contributed by atoms with Gasteiger partial charge >= 0.3 is 11.9 Å². The van der Waals surface area contributed by atoms with E-state index in [0.29, 0.717) is 0 Å². The van der Waals surface area contributed by atoms with Gasteiger partial charge in [-0.05, 0) is 111 Å². The summed E-state index contributed by atoms with van der Waals surface area (Å²) in [5.74, 6) is -3.37. The van der Waals surface area contributed by atoms with Crippen LogP contribution >= 0.6 is 0 Å². The van der Waals surface area contributed by atoms with Gasteiger partial charge < -0.3 is 19.7 Å². The second-order valence-corrected chi connectivity index (χ2v) is 9.80. The van der Waals surface area contributed by atoms with Crippen molar-refractivity contribution in [2.45, 2.75) is 13.8 Å². The number of ketones is 4. The lowest BCUT2D eigenvalue weighted by Gasteiger charge is -2.06. The third-order valence-corrected chi connectivity index (χ3v) is 6.02. The summed E-state index contributed by atoms with van der Waals surface area (Å²) in [5.41, 5.74) is 1.22. The molecule has 46 heavy (non-hydrogen) atoms. The molecule has 0 spiro atoms. The molecule has 0 saturated heterocycles. The van der Waals surface area contributed by atoms with Crippen molar-refractivity contribution in [1.29, 1.82) is 0 Å². The predicted octanol–water partition coefficient (Wildman–Crippen LogP) is 5.88. The van der Waals surface area contributed by atoms with Gasteiger partial charge in [0.25, 0.3) is 0 Å². The third-order valence-electron chi connectivity index (χ3n) is 6.02. The number of phenols is 2. The quantitative estimate of drug-likeness (QED) is 0.0720. The average molecular weight is 621 g/mol. The molecule has 10 nitrogen and oxygen atoms in total. The van der Waals surface area contributed by atoms with Gasteiger partial charge in [-0.1, -0.05) is 13.2 Å². The van der Waals surface area contributed by atoms with Crippen LogP contribution in [0.4, 0.5) is 0 Å². The standard InChI is InChI=1S/C22H18O6.C14H10O4/c1-13(2)21(25)27-17-9-5-15(6-10-17)19(23)20(24)16-7-11-18(12-8-16)28-22(26)14(3)4;15-11-5-1-9(2-6-11)13(17)14(18)10-3-7-12(16)8-4-10/h5-12H,1,3H2,2,4H3;1-8,15-16H. The predicted molar refractivity (Wildman–Crippen MR) is 167 cm³/mol. The second-order valence-electron chi connectivity index (χ2n) is 9.80. The van der Waals surface area contributed by atoms with Crippen LogP contribution in [0.1, 0.15) is 55.3 Å². The summed E-state index contributed by atoms with van der Waals surface area (Å²) < 4.78 is 10.1. The van der Waals surface area contributed by atoms with Crippen LogP contribution in [0.3, 0.4) is 0 Å². The summed E-state index contributed by atoms with van der Waals surface area (Å²) in [5, 5.41) is 18.2. The SMILES string of the molecule is C=C(C)C(=O)Oc1ccc(C(=O)C(=O)c2ccc(OC(=O)C(=C)C)cc2)cc1.O=C(C(=O)c1ccc(O)cc1)c1ccc(O)cc1. The number of rotatable bonds is 10. The molecule has 0 aliphatic rings. The Morgan fingerprint density at radius 1 is 0.435 bits per heavy atom. The molecule has 4 aromatic rings. The molecule has 4 rings (SSSR count). The van der Waals surface area contributed by atoms with Crippen molar-refractivity contribution < 1.29 is 48.5 Å². The summed E-state index contributed by atoms with van der Waals surface area (Å²) in [6.45, 7) is 9.99. The fourth-order valence-electron chi connectivity index (χ4n) is 3.49. The highest BCUT2D eigenvalue weighted by Crippen LogP contribution is 2.18. The molecular weight excluding hydrogens is 592 g/mol. The van der Waals surface area contributed by atoms with Gasteiger partial charge in [0, 0.05) is 33.4 Å². The monoisotopic (exact) mass is 620 g/mol. The number of carbonyl (C=O) groups is 6. The van der Waals surface area contributed by atoms with E-state index in [2.05, 4.69) is 13.2 Å². The summed E-state index contributed by atoms with van der Waals surface area (Å²) >= 11 is 0. The van der Waals surface area contributed by atoms with Gasteiger partial charge in [0.15, 0.2) is 0 Å². The first-order chi connectivity index (χ1) is 21.8. The molecule has 0 radical (unpaired) electrons. The molecule has 0 aliphatic heterocycles. The second kappa shape index (κ2) is 15.3. The zero-order chi connectivity index (χ0) is 34.0. The van der Waals surface area contributed by atoms with Crippen molar-refractivity contribution in [3.05, 3.63) is 144 Å². The molecule has 0 aliphatic carbocycles. The van der Waals surface area contributed by atoms with E-state index in [-0.39, 0.29) is 56.4 Å². The smallest absolute Gasteiger partial charge is 0.338 e. The van der Waals surface area contributed by atoms with Crippen molar-refractivity contribution in [3.8, 4) is 23.0 Å². The highest BCUT2D eigenvalue weighted by Gasteiger charge is 2.20. The van der Waals surface area contributed by atoms with Crippen LogP contribution in [0, 0.1) is 0 Å². The molecule has 0 aromatic heterocycles.